The molecule has 4 heterocycles. The highest BCUT2D eigenvalue weighted by atomic mass is 16.3. The van der Waals surface area contributed by atoms with Crippen molar-refractivity contribution in [2.24, 2.45) is 0 Å². The Kier molecular flexibility index (Phi) is 5.95. The van der Waals surface area contributed by atoms with Gasteiger partial charge in [-0.15, -0.1) is 0 Å². The monoisotopic (exact) mass is 359 g/mol. The molecule has 0 spiro atoms. The minimum absolute atomic E-state index is 0.199. The Labute approximate surface area is 152 Å². The fraction of sp³-hybridized carbons (Fsp3) is 0.556. The molecule has 0 saturated carbocycles. The molecule has 2 saturated heterocycles. The van der Waals surface area contributed by atoms with E-state index in [1.807, 2.05) is 19.1 Å². The first-order valence-corrected chi connectivity index (χ1v) is 8.97. The summed E-state index contributed by atoms with van der Waals surface area (Å²) in [6, 6.07) is 4.15. The first kappa shape index (κ1) is 18.5. The Morgan fingerprint density at radius 2 is 1.88 bits per heavy atom. The molecule has 2 fully saturated rings. The van der Waals surface area contributed by atoms with Crippen molar-refractivity contribution < 1.29 is 15.0 Å². The molecule has 2 aliphatic rings. The van der Waals surface area contributed by atoms with Crippen LogP contribution in [0.3, 0.4) is 0 Å². The van der Waals surface area contributed by atoms with Gasteiger partial charge in [0.15, 0.2) is 5.82 Å². The second kappa shape index (κ2) is 8.37. The molecule has 0 aliphatic carbocycles. The van der Waals surface area contributed by atoms with Gasteiger partial charge in [-0.05, 0) is 45.0 Å². The van der Waals surface area contributed by atoms with Crippen LogP contribution < -0.4 is 4.90 Å². The van der Waals surface area contributed by atoms with Crippen LogP contribution in [0.1, 0.15) is 25.0 Å². The summed E-state index contributed by atoms with van der Waals surface area (Å²) in [4.78, 5) is 26.4. The summed E-state index contributed by atoms with van der Waals surface area (Å²) in [6.07, 6.45) is 5.04. The highest BCUT2D eigenvalue weighted by Gasteiger charge is 2.37. The van der Waals surface area contributed by atoms with Crippen molar-refractivity contribution in [3.63, 3.8) is 0 Å². The van der Waals surface area contributed by atoms with Crippen LogP contribution in [0.5, 0.6) is 0 Å². The minimum Gasteiger partial charge on any atom is -0.483 e. The molecule has 4 rings (SSSR count). The Bertz CT molecular complexity index is 751. The number of anilines is 1. The predicted octanol–water partition coefficient (Wildman–Crippen LogP) is 1.07. The predicted molar refractivity (Wildman–Crippen MR) is 98.2 cm³/mol. The van der Waals surface area contributed by atoms with Gasteiger partial charge in [0, 0.05) is 18.8 Å². The third-order valence-electron chi connectivity index (χ3n) is 5.02. The lowest BCUT2D eigenvalue weighted by atomic mass is 10.1. The summed E-state index contributed by atoms with van der Waals surface area (Å²) >= 11 is 0. The standard InChI is InChI=1S/C17H23N5O.CH2O2/c1-12-5-6-13-16(20-12)17(19-11-18-13)22-9-14(15(23)10-22)21-7-3-2-4-8-21;2-1-3/h5-6,11,14-15,23H,2-4,7-10H2,1H3;1H,(H,2,3)/t14-,15-;/m0./s1. The fourth-order valence-corrected chi connectivity index (χ4v) is 3.81. The van der Waals surface area contributed by atoms with Gasteiger partial charge in [0.25, 0.3) is 6.47 Å². The summed E-state index contributed by atoms with van der Waals surface area (Å²) in [6.45, 7) is 5.34. The number of β-amino-alcohol motifs (C(OH)–C–C–N with tert-alkyl or cyclic N) is 1. The quantitative estimate of drug-likeness (QED) is 0.768. The number of aromatic nitrogens is 3. The first-order chi connectivity index (χ1) is 12.6. The van der Waals surface area contributed by atoms with Crippen molar-refractivity contribution in [2.45, 2.75) is 38.3 Å². The maximum Gasteiger partial charge on any atom is 0.290 e. The SMILES string of the molecule is Cc1ccc2ncnc(N3C[C@H](O)[C@@H](N4CCCCC4)C3)c2n1.O=CO. The highest BCUT2D eigenvalue weighted by Crippen LogP contribution is 2.28. The van der Waals surface area contributed by atoms with Gasteiger partial charge in [-0.2, -0.15) is 0 Å². The van der Waals surface area contributed by atoms with Crippen LogP contribution in [0, 0.1) is 6.92 Å². The molecule has 8 heteroatoms. The van der Waals surface area contributed by atoms with Crippen molar-refractivity contribution in [1.82, 2.24) is 19.9 Å². The number of hydrogen-bond donors (Lipinski definition) is 2. The fourth-order valence-electron chi connectivity index (χ4n) is 3.81. The average Bonchev–Trinajstić information content (AvgIpc) is 3.04. The molecule has 0 bridgehead atoms. The maximum atomic E-state index is 10.6. The number of piperidine rings is 1. The van der Waals surface area contributed by atoms with Crippen molar-refractivity contribution >= 4 is 23.3 Å². The molecular weight excluding hydrogens is 334 g/mol. The van der Waals surface area contributed by atoms with Gasteiger partial charge in [-0.25, -0.2) is 15.0 Å². The summed E-state index contributed by atoms with van der Waals surface area (Å²) in [7, 11) is 0. The molecule has 2 aliphatic heterocycles. The number of fused-ring (bicyclic) bond motifs is 1. The summed E-state index contributed by atoms with van der Waals surface area (Å²) in [5, 5.41) is 17.4. The molecule has 0 aromatic carbocycles. The molecule has 0 amide bonds. The van der Waals surface area contributed by atoms with Crippen LogP contribution in [0.15, 0.2) is 18.5 Å². The Morgan fingerprint density at radius 3 is 2.62 bits per heavy atom. The van der Waals surface area contributed by atoms with Crippen molar-refractivity contribution in [1.29, 1.82) is 0 Å². The summed E-state index contributed by atoms with van der Waals surface area (Å²) < 4.78 is 0. The smallest absolute Gasteiger partial charge is 0.290 e. The number of carbonyl (C=O) groups is 1. The number of rotatable bonds is 2. The lowest BCUT2D eigenvalue weighted by molar-refractivity contribution is -0.122. The lowest BCUT2D eigenvalue weighted by Gasteiger charge is -2.33. The highest BCUT2D eigenvalue weighted by molar-refractivity contribution is 5.85. The number of aliphatic hydroxyl groups is 1. The third kappa shape index (κ3) is 3.91. The van der Waals surface area contributed by atoms with Crippen molar-refractivity contribution in [3.05, 3.63) is 24.2 Å². The van der Waals surface area contributed by atoms with Gasteiger partial charge >= 0.3 is 0 Å². The Hall–Kier alpha value is -2.32. The molecule has 26 heavy (non-hydrogen) atoms. The van der Waals surface area contributed by atoms with Gasteiger partial charge in [-0.3, -0.25) is 9.69 Å². The number of aryl methyl sites for hydroxylation is 1. The minimum atomic E-state index is -0.331. The van der Waals surface area contributed by atoms with E-state index in [9.17, 15) is 5.11 Å². The van der Waals surface area contributed by atoms with Crippen LogP contribution in [0.4, 0.5) is 5.82 Å². The maximum absolute atomic E-state index is 10.6. The number of nitrogens with zero attached hydrogens (tertiary/aromatic N) is 5. The van der Waals surface area contributed by atoms with Gasteiger partial charge in [0.2, 0.25) is 0 Å². The molecule has 2 atom stereocenters. The molecule has 2 aromatic heterocycles. The topological polar surface area (TPSA) is 103 Å². The van der Waals surface area contributed by atoms with Gasteiger partial charge in [0.1, 0.15) is 11.8 Å². The van der Waals surface area contributed by atoms with E-state index in [1.165, 1.54) is 19.3 Å². The second-order valence-corrected chi connectivity index (χ2v) is 6.76. The van der Waals surface area contributed by atoms with E-state index in [0.717, 1.165) is 42.2 Å². The zero-order chi connectivity index (χ0) is 18.5. The van der Waals surface area contributed by atoms with Crippen molar-refractivity contribution in [3.8, 4) is 0 Å². The van der Waals surface area contributed by atoms with E-state index in [0.29, 0.717) is 6.54 Å². The molecule has 0 unspecified atom stereocenters. The van der Waals surface area contributed by atoms with E-state index in [1.54, 1.807) is 6.33 Å². The van der Waals surface area contributed by atoms with Gasteiger partial charge in [-0.1, -0.05) is 6.42 Å². The van der Waals surface area contributed by atoms with E-state index in [-0.39, 0.29) is 18.6 Å². The van der Waals surface area contributed by atoms with Crippen molar-refractivity contribution in [2.75, 3.05) is 31.1 Å². The number of aliphatic hydroxyl groups excluding tert-OH is 1. The van der Waals surface area contributed by atoms with Crippen LogP contribution in [-0.2, 0) is 4.79 Å². The van der Waals surface area contributed by atoms with Gasteiger partial charge < -0.3 is 15.1 Å². The second-order valence-electron chi connectivity index (χ2n) is 6.76. The van der Waals surface area contributed by atoms with E-state index in [2.05, 4.69) is 24.8 Å². The summed E-state index contributed by atoms with van der Waals surface area (Å²) in [5.74, 6) is 0.845. The van der Waals surface area contributed by atoms with E-state index in [4.69, 9.17) is 9.90 Å². The Balaban J connectivity index is 0.000000613. The average molecular weight is 359 g/mol. The molecular formula is C18H25N5O3. The molecule has 8 nitrogen and oxygen atoms in total. The number of likely N-dealkylation sites (tertiary alicyclic amines) is 1. The zero-order valence-corrected chi connectivity index (χ0v) is 15.0. The first-order valence-electron chi connectivity index (χ1n) is 8.97. The van der Waals surface area contributed by atoms with Crippen LogP contribution in [0.2, 0.25) is 0 Å². The Morgan fingerprint density at radius 1 is 1.15 bits per heavy atom. The number of pyridine rings is 1. The number of carboxylic acid groups (broad SMARTS) is 1. The van der Waals surface area contributed by atoms with E-state index >= 15 is 0 Å². The zero-order valence-electron chi connectivity index (χ0n) is 15.0. The van der Waals surface area contributed by atoms with Crippen LogP contribution in [-0.4, -0.2) is 74.9 Å². The molecule has 2 N–H and O–H groups in total. The molecule has 140 valence electrons. The largest absolute Gasteiger partial charge is 0.483 e. The number of hydrogen-bond acceptors (Lipinski definition) is 7. The lowest BCUT2D eigenvalue weighted by Crippen LogP contribution is -2.45. The normalized spacial score (nSPS) is 23.5. The molecule has 0 radical (unpaired) electrons. The van der Waals surface area contributed by atoms with Crippen LogP contribution in [0.25, 0.3) is 11.0 Å². The van der Waals surface area contributed by atoms with E-state index < -0.39 is 0 Å². The third-order valence-corrected chi connectivity index (χ3v) is 5.02. The summed E-state index contributed by atoms with van der Waals surface area (Å²) in [5.41, 5.74) is 2.65. The van der Waals surface area contributed by atoms with Gasteiger partial charge in [0.05, 0.1) is 17.7 Å². The molecule has 2 aromatic rings. The van der Waals surface area contributed by atoms with Crippen LogP contribution >= 0.6 is 0 Å².